The molecule has 3 heteroatoms. The van der Waals surface area contributed by atoms with Crippen LogP contribution in [0, 0.1) is 0 Å². The van der Waals surface area contributed by atoms with Gasteiger partial charge in [0.15, 0.2) is 0 Å². The van der Waals surface area contributed by atoms with Crippen LogP contribution in [0.4, 0.5) is 0 Å². The fourth-order valence-electron chi connectivity index (χ4n) is 3.31. The Morgan fingerprint density at radius 2 is 1.68 bits per heavy atom. The van der Waals surface area contributed by atoms with Crippen molar-refractivity contribution in [1.29, 1.82) is 0 Å². The number of rotatable bonds is 4. The van der Waals surface area contributed by atoms with Crippen LogP contribution in [-0.2, 0) is 21.6 Å². The summed E-state index contributed by atoms with van der Waals surface area (Å²) in [6, 6.07) is 21.1. The molecule has 0 aliphatic carbocycles. The van der Waals surface area contributed by atoms with Crippen molar-refractivity contribution in [1.82, 2.24) is 4.90 Å². The molecule has 2 fully saturated rings. The molecule has 2 aliphatic heterocycles. The van der Waals surface area contributed by atoms with Crippen LogP contribution in [-0.4, -0.2) is 37.3 Å². The second-order valence-corrected chi connectivity index (χ2v) is 6.12. The van der Waals surface area contributed by atoms with E-state index in [1.807, 2.05) is 6.07 Å². The van der Waals surface area contributed by atoms with Crippen molar-refractivity contribution in [2.45, 2.75) is 18.2 Å². The topological polar surface area (TPSA) is 25.0 Å². The zero-order chi connectivity index (χ0) is 14.8. The highest BCUT2D eigenvalue weighted by atomic mass is 16.6. The summed E-state index contributed by atoms with van der Waals surface area (Å²) in [4.78, 5) is 2.47. The van der Waals surface area contributed by atoms with Gasteiger partial charge < -0.3 is 9.47 Å². The highest BCUT2D eigenvalue weighted by molar-refractivity contribution is 5.29. The van der Waals surface area contributed by atoms with Crippen molar-refractivity contribution in [2.75, 3.05) is 26.3 Å². The van der Waals surface area contributed by atoms with E-state index in [-0.39, 0.29) is 11.7 Å². The summed E-state index contributed by atoms with van der Waals surface area (Å²) < 4.78 is 11.9. The molecule has 2 heterocycles. The number of ether oxygens (including phenoxy) is 2. The van der Waals surface area contributed by atoms with Gasteiger partial charge in [-0.25, -0.2) is 0 Å². The summed E-state index contributed by atoms with van der Waals surface area (Å²) in [5.74, 6) is 0. The lowest BCUT2D eigenvalue weighted by Crippen LogP contribution is -2.47. The van der Waals surface area contributed by atoms with Crippen molar-refractivity contribution in [2.24, 2.45) is 0 Å². The van der Waals surface area contributed by atoms with E-state index in [4.69, 9.17) is 9.47 Å². The maximum absolute atomic E-state index is 6.06. The van der Waals surface area contributed by atoms with Gasteiger partial charge in [-0.15, -0.1) is 0 Å². The van der Waals surface area contributed by atoms with Crippen LogP contribution in [0.25, 0.3) is 0 Å². The third kappa shape index (κ3) is 2.68. The molecule has 2 aromatic rings. The normalized spacial score (nSPS) is 28.5. The number of hydrogen-bond donors (Lipinski definition) is 0. The molecule has 2 saturated heterocycles. The monoisotopic (exact) mass is 295 g/mol. The minimum atomic E-state index is -0.226. The van der Waals surface area contributed by atoms with Gasteiger partial charge in [-0.2, -0.15) is 0 Å². The van der Waals surface area contributed by atoms with Crippen LogP contribution >= 0.6 is 0 Å². The van der Waals surface area contributed by atoms with Crippen molar-refractivity contribution >= 4 is 0 Å². The first-order chi connectivity index (χ1) is 10.9. The van der Waals surface area contributed by atoms with Gasteiger partial charge in [0.05, 0.1) is 13.2 Å². The lowest BCUT2D eigenvalue weighted by atomic mass is 9.92. The van der Waals surface area contributed by atoms with E-state index in [2.05, 4.69) is 59.5 Å². The molecule has 2 atom stereocenters. The van der Waals surface area contributed by atoms with E-state index in [0.29, 0.717) is 0 Å². The lowest BCUT2D eigenvalue weighted by Gasteiger charge is -2.36. The Bertz CT molecular complexity index is 610. The van der Waals surface area contributed by atoms with Gasteiger partial charge in [-0.05, 0) is 11.1 Å². The molecule has 3 nitrogen and oxygen atoms in total. The lowest BCUT2D eigenvalue weighted by molar-refractivity contribution is -0.0713. The zero-order valence-corrected chi connectivity index (χ0v) is 12.7. The Morgan fingerprint density at radius 3 is 2.36 bits per heavy atom. The molecule has 0 radical (unpaired) electrons. The number of morpholine rings is 1. The van der Waals surface area contributed by atoms with Gasteiger partial charge in [0.1, 0.15) is 11.7 Å². The Morgan fingerprint density at radius 1 is 1.00 bits per heavy atom. The third-order valence-corrected chi connectivity index (χ3v) is 4.64. The predicted molar refractivity (Wildman–Crippen MR) is 85.5 cm³/mol. The van der Waals surface area contributed by atoms with Crippen molar-refractivity contribution < 1.29 is 9.47 Å². The van der Waals surface area contributed by atoms with Gasteiger partial charge in [-0.3, -0.25) is 4.90 Å². The van der Waals surface area contributed by atoms with Crippen LogP contribution in [0.15, 0.2) is 60.7 Å². The van der Waals surface area contributed by atoms with Crippen LogP contribution < -0.4 is 0 Å². The first kappa shape index (κ1) is 13.9. The number of hydrogen-bond acceptors (Lipinski definition) is 3. The standard InChI is InChI=1S/C19H21NO2/c1-3-7-16(8-4-1)13-20-11-12-21-18(14-20)19(15-22-19)17-9-5-2-6-10-17/h1-10,18H,11-15H2. The van der Waals surface area contributed by atoms with E-state index < -0.39 is 0 Å². The molecule has 0 N–H and O–H groups in total. The minimum absolute atomic E-state index is 0.118. The maximum atomic E-state index is 6.06. The average Bonchev–Trinajstić information content (AvgIpc) is 3.39. The number of epoxide rings is 1. The van der Waals surface area contributed by atoms with Gasteiger partial charge in [-0.1, -0.05) is 60.7 Å². The Kier molecular flexibility index (Phi) is 3.70. The quantitative estimate of drug-likeness (QED) is 0.811. The molecule has 0 aromatic heterocycles. The van der Waals surface area contributed by atoms with E-state index in [0.717, 1.165) is 32.8 Å². The summed E-state index contributed by atoms with van der Waals surface area (Å²) in [6.07, 6.45) is 0.118. The molecule has 0 spiro atoms. The van der Waals surface area contributed by atoms with E-state index in [1.165, 1.54) is 11.1 Å². The largest absolute Gasteiger partial charge is 0.372 e. The fourth-order valence-corrected chi connectivity index (χ4v) is 3.31. The van der Waals surface area contributed by atoms with E-state index >= 15 is 0 Å². The summed E-state index contributed by atoms with van der Waals surface area (Å²) in [7, 11) is 0. The molecular formula is C19H21NO2. The van der Waals surface area contributed by atoms with Gasteiger partial charge >= 0.3 is 0 Å². The molecule has 0 bridgehead atoms. The van der Waals surface area contributed by atoms with Crippen molar-refractivity contribution in [3.63, 3.8) is 0 Å². The first-order valence-corrected chi connectivity index (χ1v) is 7.94. The molecular weight excluding hydrogens is 274 g/mol. The van der Waals surface area contributed by atoms with E-state index in [1.54, 1.807) is 0 Å². The van der Waals surface area contributed by atoms with Crippen molar-refractivity contribution in [3.8, 4) is 0 Å². The average molecular weight is 295 g/mol. The summed E-state index contributed by atoms with van der Waals surface area (Å²) in [5, 5.41) is 0. The van der Waals surface area contributed by atoms with Crippen molar-refractivity contribution in [3.05, 3.63) is 71.8 Å². The highest BCUT2D eigenvalue weighted by Gasteiger charge is 2.54. The molecule has 0 amide bonds. The first-order valence-electron chi connectivity index (χ1n) is 7.94. The summed E-state index contributed by atoms with van der Waals surface area (Å²) in [6.45, 7) is 4.42. The van der Waals surface area contributed by atoms with Crippen LogP contribution in [0.1, 0.15) is 11.1 Å². The molecule has 0 saturated carbocycles. The van der Waals surface area contributed by atoms with Crippen LogP contribution in [0.5, 0.6) is 0 Å². The smallest absolute Gasteiger partial charge is 0.144 e. The zero-order valence-electron chi connectivity index (χ0n) is 12.7. The molecule has 4 rings (SSSR count). The fraction of sp³-hybridized carbons (Fsp3) is 0.368. The second kappa shape index (κ2) is 5.84. The Hall–Kier alpha value is -1.68. The number of nitrogens with zero attached hydrogens (tertiary/aromatic N) is 1. The van der Waals surface area contributed by atoms with Gasteiger partial charge in [0, 0.05) is 19.6 Å². The predicted octanol–water partition coefficient (Wildman–Crippen LogP) is 2.81. The molecule has 114 valence electrons. The van der Waals surface area contributed by atoms with Crippen LogP contribution in [0.3, 0.4) is 0 Å². The highest BCUT2D eigenvalue weighted by Crippen LogP contribution is 2.44. The Balaban J connectivity index is 1.47. The molecule has 22 heavy (non-hydrogen) atoms. The Labute approximate surface area is 131 Å². The number of benzene rings is 2. The molecule has 2 aromatic carbocycles. The van der Waals surface area contributed by atoms with Crippen LogP contribution in [0.2, 0.25) is 0 Å². The summed E-state index contributed by atoms with van der Waals surface area (Å²) >= 11 is 0. The second-order valence-electron chi connectivity index (χ2n) is 6.12. The van der Waals surface area contributed by atoms with Gasteiger partial charge in [0.2, 0.25) is 0 Å². The summed E-state index contributed by atoms with van der Waals surface area (Å²) in [5.41, 5.74) is 2.37. The maximum Gasteiger partial charge on any atom is 0.144 e. The minimum Gasteiger partial charge on any atom is -0.372 e. The van der Waals surface area contributed by atoms with E-state index in [9.17, 15) is 0 Å². The third-order valence-electron chi connectivity index (χ3n) is 4.64. The molecule has 2 aliphatic rings. The molecule has 2 unspecified atom stereocenters. The van der Waals surface area contributed by atoms with Gasteiger partial charge in [0.25, 0.3) is 0 Å². The SMILES string of the molecule is c1ccc(CN2CCOC(C3(c4ccccc4)CO3)C2)cc1.